The molecule has 3 N–H and O–H groups in total. The summed E-state index contributed by atoms with van der Waals surface area (Å²) in [5.41, 5.74) is 1.25. The van der Waals surface area contributed by atoms with Gasteiger partial charge in [0.15, 0.2) is 5.44 Å². The first-order chi connectivity index (χ1) is 10.6. The fourth-order valence-electron chi connectivity index (χ4n) is 2.19. The van der Waals surface area contributed by atoms with E-state index in [-0.39, 0.29) is 0 Å². The van der Waals surface area contributed by atoms with Crippen molar-refractivity contribution in [2.24, 2.45) is 0 Å². The van der Waals surface area contributed by atoms with Crippen LogP contribution in [0, 0.1) is 0 Å². The molecule has 0 spiro atoms. The van der Waals surface area contributed by atoms with Crippen LogP contribution in [0.15, 0.2) is 43.0 Å². The summed E-state index contributed by atoms with van der Waals surface area (Å²) in [6.45, 7) is 0. The van der Waals surface area contributed by atoms with Crippen molar-refractivity contribution in [1.29, 1.82) is 0 Å². The first-order valence-corrected chi connectivity index (χ1v) is 7.88. The third-order valence-corrected chi connectivity index (χ3v) is 4.69. The van der Waals surface area contributed by atoms with Crippen molar-refractivity contribution >= 4 is 11.8 Å². The van der Waals surface area contributed by atoms with E-state index < -0.39 is 23.7 Å². The second-order valence-electron chi connectivity index (χ2n) is 5.02. The van der Waals surface area contributed by atoms with Crippen LogP contribution in [0.3, 0.4) is 0 Å². The van der Waals surface area contributed by atoms with Gasteiger partial charge in [-0.15, -0.1) is 11.8 Å². The van der Waals surface area contributed by atoms with Gasteiger partial charge in [-0.05, 0) is 17.7 Å². The highest BCUT2D eigenvalue weighted by molar-refractivity contribution is 7.99. The lowest BCUT2D eigenvalue weighted by Gasteiger charge is -2.34. The molecule has 1 aromatic heterocycles. The van der Waals surface area contributed by atoms with Gasteiger partial charge in [-0.25, -0.2) is 9.97 Å². The van der Waals surface area contributed by atoms with E-state index in [1.165, 1.54) is 18.1 Å². The van der Waals surface area contributed by atoms with E-state index in [1.54, 1.807) is 24.5 Å². The number of hydrogen-bond donors (Lipinski definition) is 3. The van der Waals surface area contributed by atoms with Crippen molar-refractivity contribution in [3.8, 4) is 16.9 Å². The third kappa shape index (κ3) is 3.22. The summed E-state index contributed by atoms with van der Waals surface area (Å²) in [5.74, 6) is 0.906. The molecular weight excluding hydrogens is 304 g/mol. The average Bonchev–Trinajstić information content (AvgIpc) is 2.57. The number of rotatable bonds is 3. The second-order valence-corrected chi connectivity index (χ2v) is 6.15. The van der Waals surface area contributed by atoms with E-state index >= 15 is 0 Å². The number of hydrogen-bond acceptors (Lipinski definition) is 7. The highest BCUT2D eigenvalue weighted by Gasteiger charge is 2.38. The van der Waals surface area contributed by atoms with Crippen LogP contribution in [0.1, 0.15) is 0 Å². The number of benzene rings is 1. The van der Waals surface area contributed by atoms with Crippen LogP contribution in [0.2, 0.25) is 0 Å². The van der Waals surface area contributed by atoms with Crippen LogP contribution in [-0.4, -0.2) is 54.8 Å². The number of ether oxygens (including phenoxy) is 1. The van der Waals surface area contributed by atoms with Crippen molar-refractivity contribution in [3.05, 3.63) is 43.0 Å². The molecule has 2 aromatic rings. The Morgan fingerprint density at radius 1 is 0.955 bits per heavy atom. The van der Waals surface area contributed by atoms with Crippen LogP contribution < -0.4 is 4.74 Å². The van der Waals surface area contributed by atoms with Gasteiger partial charge < -0.3 is 20.1 Å². The molecule has 1 aliphatic heterocycles. The lowest BCUT2D eigenvalue weighted by molar-refractivity contribution is -0.0786. The molecule has 116 valence electrons. The van der Waals surface area contributed by atoms with Crippen molar-refractivity contribution in [2.45, 2.75) is 23.7 Å². The second kappa shape index (κ2) is 6.62. The molecular formula is C15H16N2O4S. The van der Waals surface area contributed by atoms with Crippen molar-refractivity contribution in [3.63, 3.8) is 0 Å². The van der Waals surface area contributed by atoms with E-state index in [0.717, 1.165) is 11.1 Å². The Bertz CT molecular complexity index is 611. The number of aromatic nitrogens is 2. The minimum atomic E-state index is -1.19. The molecule has 1 fully saturated rings. The number of aliphatic hydroxyl groups is 3. The van der Waals surface area contributed by atoms with Gasteiger partial charge in [-0.2, -0.15) is 0 Å². The minimum absolute atomic E-state index is 0.322. The molecule has 7 heteroatoms. The van der Waals surface area contributed by atoms with Crippen LogP contribution >= 0.6 is 11.8 Å². The fraction of sp³-hybridized carbons (Fsp3) is 0.333. The van der Waals surface area contributed by atoms with E-state index in [1.807, 2.05) is 12.1 Å². The monoisotopic (exact) mass is 320 g/mol. The topological polar surface area (TPSA) is 95.7 Å². The van der Waals surface area contributed by atoms with Gasteiger partial charge in [-0.3, -0.25) is 0 Å². The van der Waals surface area contributed by atoms with E-state index in [2.05, 4.69) is 9.97 Å². The molecule has 0 radical (unpaired) electrons. The summed E-state index contributed by atoms with van der Waals surface area (Å²) in [5, 5.41) is 29.1. The Hall–Kier alpha value is -1.67. The number of aliphatic hydroxyl groups excluding tert-OH is 3. The maximum Gasteiger partial charge on any atom is 0.173 e. The first kappa shape index (κ1) is 15.2. The Morgan fingerprint density at radius 3 is 2.32 bits per heavy atom. The molecule has 0 bridgehead atoms. The maximum atomic E-state index is 9.93. The van der Waals surface area contributed by atoms with Gasteiger partial charge in [-0.1, -0.05) is 12.1 Å². The summed E-state index contributed by atoms with van der Waals surface area (Å²) < 4.78 is 5.69. The van der Waals surface area contributed by atoms with Gasteiger partial charge in [0.2, 0.25) is 0 Å². The highest BCUT2D eigenvalue weighted by atomic mass is 32.2. The number of thioether (sulfide) groups is 1. The van der Waals surface area contributed by atoms with Gasteiger partial charge in [0, 0.05) is 23.7 Å². The summed E-state index contributed by atoms with van der Waals surface area (Å²) in [7, 11) is 0. The standard InChI is InChI=1S/C15H16N2O4S/c18-12-7-22-15(14(20)13(12)19)21-11-3-1-9(2-4-11)10-5-16-8-17-6-10/h1-6,8,12-15,18-20H,7H2/t12-,13+,14-,15+/m1/s1. The molecule has 2 heterocycles. The largest absolute Gasteiger partial charge is 0.477 e. The molecule has 22 heavy (non-hydrogen) atoms. The average molecular weight is 320 g/mol. The van der Waals surface area contributed by atoms with E-state index in [4.69, 9.17) is 4.74 Å². The van der Waals surface area contributed by atoms with Gasteiger partial charge in [0.25, 0.3) is 0 Å². The molecule has 4 atom stereocenters. The Balaban J connectivity index is 1.69. The summed E-state index contributed by atoms with van der Waals surface area (Å²) in [6.07, 6.45) is 1.67. The van der Waals surface area contributed by atoms with Crippen molar-refractivity contribution in [1.82, 2.24) is 9.97 Å². The molecule has 1 aliphatic rings. The zero-order valence-electron chi connectivity index (χ0n) is 11.6. The summed E-state index contributed by atoms with van der Waals surface area (Å²) in [4.78, 5) is 7.94. The Kier molecular flexibility index (Phi) is 4.58. The van der Waals surface area contributed by atoms with Gasteiger partial charge >= 0.3 is 0 Å². The zero-order chi connectivity index (χ0) is 15.5. The molecule has 0 aliphatic carbocycles. The van der Waals surface area contributed by atoms with Crippen molar-refractivity contribution < 1.29 is 20.1 Å². The lowest BCUT2D eigenvalue weighted by atomic mass is 10.1. The first-order valence-electron chi connectivity index (χ1n) is 6.83. The van der Waals surface area contributed by atoms with E-state index in [0.29, 0.717) is 11.5 Å². The molecule has 1 aromatic carbocycles. The molecule has 0 saturated carbocycles. The quantitative estimate of drug-likeness (QED) is 0.765. The Labute approximate surface area is 131 Å². The molecule has 1 saturated heterocycles. The van der Waals surface area contributed by atoms with Crippen LogP contribution in [0.25, 0.3) is 11.1 Å². The Morgan fingerprint density at radius 2 is 1.64 bits per heavy atom. The molecule has 6 nitrogen and oxygen atoms in total. The predicted molar refractivity (Wildman–Crippen MR) is 82.4 cm³/mol. The molecule has 3 rings (SSSR count). The smallest absolute Gasteiger partial charge is 0.173 e. The highest BCUT2D eigenvalue weighted by Crippen LogP contribution is 2.30. The maximum absolute atomic E-state index is 9.93. The third-order valence-electron chi connectivity index (χ3n) is 3.45. The summed E-state index contributed by atoms with van der Waals surface area (Å²) in [6, 6.07) is 7.32. The van der Waals surface area contributed by atoms with Gasteiger partial charge in [0.1, 0.15) is 24.3 Å². The molecule has 0 amide bonds. The zero-order valence-corrected chi connectivity index (χ0v) is 12.4. The van der Waals surface area contributed by atoms with Crippen LogP contribution in [-0.2, 0) is 0 Å². The SMILES string of the molecule is O[C@@H]1[C@@H](O)[C@@H](Oc2ccc(-c3cncnc3)cc2)SC[C@H]1O. The van der Waals surface area contributed by atoms with Crippen LogP contribution in [0.4, 0.5) is 0 Å². The van der Waals surface area contributed by atoms with E-state index in [9.17, 15) is 15.3 Å². The fourth-order valence-corrected chi connectivity index (χ4v) is 3.31. The predicted octanol–water partition coefficient (Wildman–Crippen LogP) is 0.678. The normalized spacial score (nSPS) is 28.3. The van der Waals surface area contributed by atoms with Crippen molar-refractivity contribution in [2.75, 3.05) is 5.75 Å². The van der Waals surface area contributed by atoms with Crippen LogP contribution in [0.5, 0.6) is 5.75 Å². The van der Waals surface area contributed by atoms with Gasteiger partial charge in [0.05, 0.1) is 6.10 Å². The summed E-state index contributed by atoms with van der Waals surface area (Å²) >= 11 is 1.28. The number of nitrogens with zero attached hydrogens (tertiary/aromatic N) is 2. The lowest BCUT2D eigenvalue weighted by Crippen LogP contribution is -2.50. The molecule has 0 unspecified atom stereocenters. The minimum Gasteiger partial charge on any atom is -0.477 e.